The van der Waals surface area contributed by atoms with Gasteiger partial charge in [-0.15, -0.1) is 11.3 Å². The van der Waals surface area contributed by atoms with Crippen molar-refractivity contribution in [2.24, 2.45) is 0 Å². The van der Waals surface area contributed by atoms with Gasteiger partial charge in [0.15, 0.2) is 18.2 Å². The summed E-state index contributed by atoms with van der Waals surface area (Å²) in [5.74, 6) is -2.03. The van der Waals surface area contributed by atoms with E-state index < -0.39 is 11.6 Å². The number of nitrogens with one attached hydrogen (secondary N) is 1. The predicted molar refractivity (Wildman–Crippen MR) is 68.0 cm³/mol. The van der Waals surface area contributed by atoms with Crippen molar-refractivity contribution >= 4 is 17.2 Å². The molecule has 2 rings (SSSR count). The van der Waals surface area contributed by atoms with Crippen LogP contribution in [0.5, 0.6) is 5.75 Å². The molecule has 0 aliphatic rings. The number of rotatable bonds is 5. The maximum Gasteiger partial charge on any atom is 0.258 e. The molecule has 0 atom stereocenters. The molecule has 2 aromatic rings. The number of carbonyl (C=O) groups excluding carboxylic acids is 1. The van der Waals surface area contributed by atoms with Gasteiger partial charge in [0.2, 0.25) is 0 Å². The number of benzene rings is 1. The first-order chi connectivity index (χ1) is 9.15. The Morgan fingerprint density at radius 2 is 2.16 bits per heavy atom. The lowest BCUT2D eigenvalue weighted by Crippen LogP contribution is -2.28. The molecule has 6 heteroatoms. The lowest BCUT2D eigenvalue weighted by atomic mass is 10.3. The molecule has 0 saturated carbocycles. The Bertz CT molecular complexity index is 558. The fourth-order valence-electron chi connectivity index (χ4n) is 1.39. The van der Waals surface area contributed by atoms with Crippen LogP contribution in [0.4, 0.5) is 8.78 Å². The smallest absolute Gasteiger partial charge is 0.258 e. The number of hydrogen-bond donors (Lipinski definition) is 1. The Labute approximate surface area is 112 Å². The van der Waals surface area contributed by atoms with E-state index in [2.05, 4.69) is 5.32 Å². The van der Waals surface area contributed by atoms with E-state index in [0.29, 0.717) is 12.6 Å². The summed E-state index contributed by atoms with van der Waals surface area (Å²) in [6, 6.07) is 6.71. The van der Waals surface area contributed by atoms with E-state index in [1.807, 2.05) is 17.5 Å². The summed E-state index contributed by atoms with van der Waals surface area (Å²) in [7, 11) is 0. The predicted octanol–water partition coefficient (Wildman–Crippen LogP) is 2.72. The number of ether oxygens (including phenoxy) is 1. The Morgan fingerprint density at radius 1 is 1.32 bits per heavy atom. The van der Waals surface area contributed by atoms with E-state index in [4.69, 9.17) is 4.74 Å². The molecule has 0 bridgehead atoms. The largest absolute Gasteiger partial charge is 0.481 e. The highest BCUT2D eigenvalue weighted by Crippen LogP contribution is 2.17. The molecule has 1 aromatic heterocycles. The van der Waals surface area contributed by atoms with Gasteiger partial charge in [-0.1, -0.05) is 6.07 Å². The van der Waals surface area contributed by atoms with Crippen LogP contribution in [-0.2, 0) is 11.3 Å². The normalized spacial score (nSPS) is 10.2. The Kier molecular flexibility index (Phi) is 4.46. The molecular weight excluding hydrogens is 272 g/mol. The SMILES string of the molecule is O=C(COc1ccc(F)cc1F)NCc1cccs1. The van der Waals surface area contributed by atoms with E-state index in [1.165, 1.54) is 11.3 Å². The van der Waals surface area contributed by atoms with E-state index >= 15 is 0 Å². The van der Waals surface area contributed by atoms with Crippen LogP contribution in [-0.4, -0.2) is 12.5 Å². The van der Waals surface area contributed by atoms with Crippen LogP contribution in [0, 0.1) is 11.6 Å². The van der Waals surface area contributed by atoms with Crippen LogP contribution in [0.25, 0.3) is 0 Å². The van der Waals surface area contributed by atoms with E-state index in [1.54, 1.807) is 0 Å². The molecule has 0 spiro atoms. The minimum atomic E-state index is -0.828. The monoisotopic (exact) mass is 283 g/mol. The summed E-state index contributed by atoms with van der Waals surface area (Å²) in [6.45, 7) is 0.0969. The van der Waals surface area contributed by atoms with Gasteiger partial charge in [-0.25, -0.2) is 8.78 Å². The third-order valence-electron chi connectivity index (χ3n) is 2.29. The van der Waals surface area contributed by atoms with Crippen molar-refractivity contribution in [3.8, 4) is 5.75 Å². The third-order valence-corrected chi connectivity index (χ3v) is 3.17. The van der Waals surface area contributed by atoms with Crippen LogP contribution in [0.15, 0.2) is 35.7 Å². The average molecular weight is 283 g/mol. The molecule has 19 heavy (non-hydrogen) atoms. The third kappa shape index (κ3) is 4.03. The molecule has 3 nitrogen and oxygen atoms in total. The van der Waals surface area contributed by atoms with Gasteiger partial charge in [-0.2, -0.15) is 0 Å². The number of carbonyl (C=O) groups is 1. The average Bonchev–Trinajstić information content (AvgIpc) is 2.88. The molecule has 0 fully saturated rings. The lowest BCUT2D eigenvalue weighted by Gasteiger charge is -2.07. The number of thiophene rings is 1. The fourth-order valence-corrected chi connectivity index (χ4v) is 2.03. The van der Waals surface area contributed by atoms with Crippen LogP contribution in [0.2, 0.25) is 0 Å². The quantitative estimate of drug-likeness (QED) is 0.916. The molecule has 1 aromatic carbocycles. The summed E-state index contributed by atoms with van der Waals surface area (Å²) < 4.78 is 30.8. The first-order valence-electron chi connectivity index (χ1n) is 5.52. The van der Waals surface area contributed by atoms with Crippen LogP contribution < -0.4 is 10.1 Å². The highest BCUT2D eigenvalue weighted by atomic mass is 32.1. The van der Waals surface area contributed by atoms with Crippen molar-refractivity contribution < 1.29 is 18.3 Å². The van der Waals surface area contributed by atoms with Crippen molar-refractivity contribution in [3.05, 3.63) is 52.2 Å². The van der Waals surface area contributed by atoms with Crippen LogP contribution in [0.3, 0.4) is 0 Å². The summed E-state index contributed by atoms with van der Waals surface area (Å²) in [5.41, 5.74) is 0. The fraction of sp³-hybridized carbons (Fsp3) is 0.154. The second-order valence-corrected chi connectivity index (χ2v) is 4.75. The molecule has 0 aliphatic carbocycles. The van der Waals surface area contributed by atoms with Crippen molar-refractivity contribution in [2.45, 2.75) is 6.54 Å². The first-order valence-corrected chi connectivity index (χ1v) is 6.40. The standard InChI is InChI=1S/C13H11F2NO2S/c14-9-3-4-12(11(15)6-9)18-8-13(17)16-7-10-2-1-5-19-10/h1-6H,7-8H2,(H,16,17). The molecule has 100 valence electrons. The van der Waals surface area contributed by atoms with E-state index in [9.17, 15) is 13.6 Å². The van der Waals surface area contributed by atoms with Crippen molar-refractivity contribution in [3.63, 3.8) is 0 Å². The van der Waals surface area contributed by atoms with Gasteiger partial charge in [0.1, 0.15) is 5.82 Å². The molecule has 1 amide bonds. The zero-order valence-electron chi connectivity index (χ0n) is 9.86. The zero-order valence-corrected chi connectivity index (χ0v) is 10.7. The van der Waals surface area contributed by atoms with Gasteiger partial charge in [0.05, 0.1) is 6.54 Å². The maximum absolute atomic E-state index is 13.2. The minimum Gasteiger partial charge on any atom is -0.481 e. The Hall–Kier alpha value is -1.95. The zero-order chi connectivity index (χ0) is 13.7. The van der Waals surface area contributed by atoms with Crippen LogP contribution in [0.1, 0.15) is 4.88 Å². The second-order valence-electron chi connectivity index (χ2n) is 3.72. The number of amides is 1. The first kappa shape index (κ1) is 13.5. The van der Waals surface area contributed by atoms with Crippen LogP contribution >= 0.6 is 11.3 Å². The topological polar surface area (TPSA) is 38.3 Å². The van der Waals surface area contributed by atoms with Gasteiger partial charge < -0.3 is 10.1 Å². The molecule has 0 saturated heterocycles. The highest BCUT2D eigenvalue weighted by Gasteiger charge is 2.08. The van der Waals surface area contributed by atoms with Gasteiger partial charge in [-0.05, 0) is 23.6 Å². The molecular formula is C13H11F2NO2S. The number of halogens is 2. The summed E-state index contributed by atoms with van der Waals surface area (Å²) in [4.78, 5) is 12.5. The van der Waals surface area contributed by atoms with Gasteiger partial charge in [-0.3, -0.25) is 4.79 Å². The summed E-state index contributed by atoms with van der Waals surface area (Å²) in [5, 5.41) is 4.54. The van der Waals surface area contributed by atoms with E-state index in [0.717, 1.165) is 17.0 Å². The van der Waals surface area contributed by atoms with Crippen molar-refractivity contribution in [2.75, 3.05) is 6.61 Å². The van der Waals surface area contributed by atoms with E-state index in [-0.39, 0.29) is 18.3 Å². The Balaban J connectivity index is 1.80. The van der Waals surface area contributed by atoms with Crippen molar-refractivity contribution in [1.82, 2.24) is 5.32 Å². The molecule has 0 unspecified atom stereocenters. The molecule has 0 aliphatic heterocycles. The lowest BCUT2D eigenvalue weighted by molar-refractivity contribution is -0.123. The van der Waals surface area contributed by atoms with Crippen molar-refractivity contribution in [1.29, 1.82) is 0 Å². The molecule has 1 heterocycles. The summed E-state index contributed by atoms with van der Waals surface area (Å²) >= 11 is 1.53. The molecule has 0 radical (unpaired) electrons. The summed E-state index contributed by atoms with van der Waals surface area (Å²) in [6.07, 6.45) is 0. The van der Waals surface area contributed by atoms with Gasteiger partial charge in [0.25, 0.3) is 5.91 Å². The maximum atomic E-state index is 13.2. The highest BCUT2D eigenvalue weighted by molar-refractivity contribution is 7.09. The Morgan fingerprint density at radius 3 is 2.84 bits per heavy atom. The van der Waals surface area contributed by atoms with Gasteiger partial charge >= 0.3 is 0 Å². The minimum absolute atomic E-state index is 0.146. The molecule has 1 N–H and O–H groups in total. The second kappa shape index (κ2) is 6.29. The van der Waals surface area contributed by atoms with Gasteiger partial charge in [0, 0.05) is 10.9 Å². The number of hydrogen-bond acceptors (Lipinski definition) is 3.